The third kappa shape index (κ3) is 2.39. The Morgan fingerprint density at radius 3 is 2.45 bits per heavy atom. The number of carbonyl (C=O) groups excluding carboxylic acids is 2. The highest BCUT2D eigenvalue weighted by molar-refractivity contribution is 5.93. The Morgan fingerprint density at radius 1 is 1.30 bits per heavy atom. The molecular formula is C14H22N2O4. The van der Waals surface area contributed by atoms with E-state index in [1.54, 1.807) is 18.7 Å². The number of hydrogen-bond acceptors (Lipinski definition) is 3. The van der Waals surface area contributed by atoms with Crippen LogP contribution in [-0.2, 0) is 14.4 Å². The molecule has 6 heteroatoms. The molecule has 0 aromatic heterocycles. The largest absolute Gasteiger partial charge is 0.481 e. The maximum Gasteiger partial charge on any atom is 0.307 e. The number of carboxylic acid groups (broad SMARTS) is 1. The fraction of sp³-hybridized carbons (Fsp3) is 0.786. The Bertz CT molecular complexity index is 446. The van der Waals surface area contributed by atoms with Crippen molar-refractivity contribution in [3.05, 3.63) is 0 Å². The van der Waals surface area contributed by atoms with Crippen molar-refractivity contribution in [1.82, 2.24) is 9.80 Å². The molecule has 0 spiro atoms. The van der Waals surface area contributed by atoms with Crippen molar-refractivity contribution < 1.29 is 19.5 Å². The Hall–Kier alpha value is -1.59. The molecule has 0 aromatic rings. The number of amides is 2. The van der Waals surface area contributed by atoms with Crippen LogP contribution in [0.1, 0.15) is 27.2 Å². The van der Waals surface area contributed by atoms with Crippen LogP contribution in [0.3, 0.4) is 0 Å². The summed E-state index contributed by atoms with van der Waals surface area (Å²) < 4.78 is 0. The maximum absolute atomic E-state index is 12.5. The number of aliphatic carboxylic acids is 1. The van der Waals surface area contributed by atoms with Gasteiger partial charge in [-0.3, -0.25) is 14.4 Å². The predicted molar refractivity (Wildman–Crippen MR) is 71.8 cm³/mol. The number of rotatable bonds is 3. The summed E-state index contributed by atoms with van der Waals surface area (Å²) in [5.74, 6) is -2.29. The van der Waals surface area contributed by atoms with Crippen LogP contribution in [0.15, 0.2) is 0 Å². The van der Waals surface area contributed by atoms with Crippen molar-refractivity contribution in [3.8, 4) is 0 Å². The molecule has 6 nitrogen and oxygen atoms in total. The summed E-state index contributed by atoms with van der Waals surface area (Å²) >= 11 is 0. The lowest BCUT2D eigenvalue weighted by Gasteiger charge is -2.21. The topological polar surface area (TPSA) is 77.9 Å². The SMILES string of the molecule is CCN1CCCN(C(=O)[C@@H]2[C@H](C(=O)O)C2(C)C)CC1=O. The molecular weight excluding hydrogens is 260 g/mol. The van der Waals surface area contributed by atoms with Crippen LogP contribution in [-0.4, -0.2) is 58.9 Å². The van der Waals surface area contributed by atoms with Crippen LogP contribution >= 0.6 is 0 Å². The first-order valence-electron chi connectivity index (χ1n) is 7.10. The van der Waals surface area contributed by atoms with Gasteiger partial charge in [0.2, 0.25) is 11.8 Å². The van der Waals surface area contributed by atoms with E-state index >= 15 is 0 Å². The van der Waals surface area contributed by atoms with Gasteiger partial charge in [0, 0.05) is 19.6 Å². The van der Waals surface area contributed by atoms with E-state index in [1.807, 2.05) is 6.92 Å². The minimum Gasteiger partial charge on any atom is -0.481 e. The van der Waals surface area contributed by atoms with E-state index in [-0.39, 0.29) is 18.4 Å². The first-order chi connectivity index (χ1) is 9.30. The summed E-state index contributed by atoms with van der Waals surface area (Å²) in [6, 6.07) is 0. The minimum absolute atomic E-state index is 0.0521. The lowest BCUT2D eigenvalue weighted by molar-refractivity contribution is -0.143. The first-order valence-corrected chi connectivity index (χ1v) is 7.10. The van der Waals surface area contributed by atoms with Crippen LogP contribution in [0.2, 0.25) is 0 Å². The molecule has 2 aliphatic rings. The van der Waals surface area contributed by atoms with Crippen LogP contribution in [0.5, 0.6) is 0 Å². The average molecular weight is 282 g/mol. The molecule has 1 N–H and O–H groups in total. The van der Waals surface area contributed by atoms with Crippen LogP contribution in [0.4, 0.5) is 0 Å². The van der Waals surface area contributed by atoms with E-state index in [0.29, 0.717) is 19.6 Å². The molecule has 1 heterocycles. The third-order valence-electron chi connectivity index (χ3n) is 4.59. The van der Waals surface area contributed by atoms with Gasteiger partial charge in [0.25, 0.3) is 0 Å². The summed E-state index contributed by atoms with van der Waals surface area (Å²) in [6.07, 6.45) is 0.746. The number of carboxylic acids is 1. The molecule has 2 rings (SSSR count). The monoisotopic (exact) mass is 282 g/mol. The van der Waals surface area contributed by atoms with E-state index < -0.39 is 23.2 Å². The van der Waals surface area contributed by atoms with Gasteiger partial charge >= 0.3 is 5.97 Å². The van der Waals surface area contributed by atoms with Gasteiger partial charge in [-0.25, -0.2) is 0 Å². The molecule has 0 radical (unpaired) electrons. The average Bonchev–Trinajstić information content (AvgIpc) is 2.99. The molecule has 2 fully saturated rings. The molecule has 0 aromatic carbocycles. The van der Waals surface area contributed by atoms with E-state index in [4.69, 9.17) is 5.11 Å². The van der Waals surface area contributed by atoms with Crippen LogP contribution in [0, 0.1) is 17.3 Å². The van der Waals surface area contributed by atoms with Crippen molar-refractivity contribution in [3.63, 3.8) is 0 Å². The van der Waals surface area contributed by atoms with E-state index in [1.165, 1.54) is 4.90 Å². The Morgan fingerprint density at radius 2 is 1.95 bits per heavy atom. The molecule has 1 saturated carbocycles. The molecule has 1 aliphatic carbocycles. The van der Waals surface area contributed by atoms with Crippen molar-refractivity contribution in [1.29, 1.82) is 0 Å². The van der Waals surface area contributed by atoms with Gasteiger partial charge < -0.3 is 14.9 Å². The number of likely N-dealkylation sites (N-methyl/N-ethyl adjacent to an activating group) is 1. The second-order valence-electron chi connectivity index (χ2n) is 6.20. The molecule has 1 aliphatic heterocycles. The summed E-state index contributed by atoms with van der Waals surface area (Å²) in [4.78, 5) is 38.9. The molecule has 0 unspecified atom stereocenters. The van der Waals surface area contributed by atoms with E-state index in [0.717, 1.165) is 6.42 Å². The highest BCUT2D eigenvalue weighted by Gasteiger charge is 2.66. The van der Waals surface area contributed by atoms with Gasteiger partial charge in [-0.1, -0.05) is 13.8 Å². The molecule has 20 heavy (non-hydrogen) atoms. The maximum atomic E-state index is 12.5. The standard InChI is InChI=1S/C14H22N2O4/c1-4-15-6-5-7-16(8-9(15)17)12(18)10-11(13(19)20)14(10,2)3/h10-11H,4-8H2,1-3H3,(H,19,20)/t10-,11+/m0/s1. The quantitative estimate of drug-likeness (QED) is 0.814. The zero-order valence-corrected chi connectivity index (χ0v) is 12.3. The van der Waals surface area contributed by atoms with Gasteiger partial charge in [-0.2, -0.15) is 0 Å². The first kappa shape index (κ1) is 14.8. The Labute approximate surface area is 118 Å². The fourth-order valence-corrected chi connectivity index (χ4v) is 3.20. The third-order valence-corrected chi connectivity index (χ3v) is 4.59. The molecule has 2 amide bonds. The summed E-state index contributed by atoms with van der Waals surface area (Å²) in [6.45, 7) is 7.42. The van der Waals surface area contributed by atoms with Crippen molar-refractivity contribution in [2.45, 2.75) is 27.2 Å². The second-order valence-corrected chi connectivity index (χ2v) is 6.20. The van der Waals surface area contributed by atoms with Gasteiger partial charge in [0.15, 0.2) is 0 Å². The van der Waals surface area contributed by atoms with Crippen molar-refractivity contribution in [2.75, 3.05) is 26.2 Å². The number of hydrogen-bond donors (Lipinski definition) is 1. The normalized spacial score (nSPS) is 29.1. The van der Waals surface area contributed by atoms with Crippen molar-refractivity contribution in [2.24, 2.45) is 17.3 Å². The minimum atomic E-state index is -0.926. The van der Waals surface area contributed by atoms with Crippen molar-refractivity contribution >= 4 is 17.8 Å². The Balaban J connectivity index is 2.07. The van der Waals surface area contributed by atoms with Gasteiger partial charge in [0.1, 0.15) is 0 Å². The van der Waals surface area contributed by atoms with Gasteiger partial charge in [0.05, 0.1) is 18.4 Å². The van der Waals surface area contributed by atoms with Gasteiger partial charge in [-0.05, 0) is 18.8 Å². The summed E-state index contributed by atoms with van der Waals surface area (Å²) in [7, 11) is 0. The highest BCUT2D eigenvalue weighted by Crippen LogP contribution is 2.59. The van der Waals surface area contributed by atoms with E-state index in [2.05, 4.69) is 0 Å². The predicted octanol–water partition coefficient (Wildman–Crippen LogP) is 0.424. The van der Waals surface area contributed by atoms with Gasteiger partial charge in [-0.15, -0.1) is 0 Å². The fourth-order valence-electron chi connectivity index (χ4n) is 3.20. The molecule has 0 bridgehead atoms. The summed E-state index contributed by atoms with van der Waals surface area (Å²) in [5, 5.41) is 9.15. The summed E-state index contributed by atoms with van der Waals surface area (Å²) in [5.41, 5.74) is -0.511. The lowest BCUT2D eigenvalue weighted by Crippen LogP contribution is -2.40. The molecule has 1 saturated heterocycles. The number of nitrogens with zero attached hydrogens (tertiary/aromatic N) is 2. The van der Waals surface area contributed by atoms with Crippen LogP contribution in [0.25, 0.3) is 0 Å². The number of carbonyl (C=O) groups is 3. The van der Waals surface area contributed by atoms with Crippen LogP contribution < -0.4 is 0 Å². The van der Waals surface area contributed by atoms with E-state index in [9.17, 15) is 14.4 Å². The highest BCUT2D eigenvalue weighted by atomic mass is 16.4. The zero-order chi connectivity index (χ0) is 15.1. The smallest absolute Gasteiger partial charge is 0.307 e. The molecule has 2 atom stereocenters. The second kappa shape index (κ2) is 5.07. The lowest BCUT2D eigenvalue weighted by atomic mass is 10.1. The zero-order valence-electron chi connectivity index (χ0n) is 12.3. The molecule has 112 valence electrons. The Kier molecular flexibility index (Phi) is 3.75.